The van der Waals surface area contributed by atoms with E-state index in [-0.39, 0.29) is 5.17 Å². The molecule has 1 atom stereocenters. The second-order valence-electron chi connectivity index (χ2n) is 1.30. The summed E-state index contributed by atoms with van der Waals surface area (Å²) in [5.41, 5.74) is 4.92. The molecular formula is C4H9NO2S. The lowest BCUT2D eigenvalue weighted by atomic mass is 10.5. The van der Waals surface area contributed by atoms with Crippen molar-refractivity contribution in [1.82, 2.24) is 0 Å². The van der Waals surface area contributed by atoms with Gasteiger partial charge in [-0.15, -0.1) is 0 Å². The van der Waals surface area contributed by atoms with E-state index in [1.54, 1.807) is 6.92 Å². The summed E-state index contributed by atoms with van der Waals surface area (Å²) in [7, 11) is 0. The number of ether oxygens (including phenoxy) is 1. The van der Waals surface area contributed by atoms with Crippen LogP contribution in [0.2, 0.25) is 0 Å². The Morgan fingerprint density at radius 3 is 2.62 bits per heavy atom. The predicted molar refractivity (Wildman–Crippen MR) is 34.2 cm³/mol. The van der Waals surface area contributed by atoms with Gasteiger partial charge in [0.15, 0.2) is 6.29 Å². The first-order valence-electron chi connectivity index (χ1n) is 2.31. The highest BCUT2D eigenvalue weighted by Gasteiger charge is 1.98. The molecule has 0 rings (SSSR count). The van der Waals surface area contributed by atoms with E-state index in [1.165, 1.54) is 0 Å². The van der Waals surface area contributed by atoms with Crippen molar-refractivity contribution in [2.45, 2.75) is 19.6 Å². The van der Waals surface area contributed by atoms with Crippen molar-refractivity contribution in [3.05, 3.63) is 0 Å². The first-order valence-corrected chi connectivity index (χ1v) is 2.71. The van der Waals surface area contributed by atoms with Gasteiger partial charge in [0.05, 0.1) is 0 Å². The normalized spacial score (nSPS) is 12.8. The fraction of sp³-hybridized carbons (Fsp3) is 0.750. The number of nitrogens with two attached hydrogens (primary N) is 1. The van der Waals surface area contributed by atoms with Gasteiger partial charge in [-0.2, -0.15) is 0 Å². The Hall–Kier alpha value is -0.350. The molecule has 0 radical (unpaired) electrons. The molecule has 0 aliphatic rings. The molecule has 8 heavy (non-hydrogen) atoms. The van der Waals surface area contributed by atoms with Gasteiger partial charge in [0.1, 0.15) is 0 Å². The van der Waals surface area contributed by atoms with Crippen molar-refractivity contribution in [1.29, 1.82) is 0 Å². The maximum absolute atomic E-state index is 8.64. The van der Waals surface area contributed by atoms with E-state index in [1.807, 2.05) is 0 Å². The number of thiocarbonyl (C=S) groups is 1. The first kappa shape index (κ1) is 7.65. The monoisotopic (exact) mass is 135 g/mol. The van der Waals surface area contributed by atoms with Crippen molar-refractivity contribution >= 4 is 17.4 Å². The Labute approximate surface area is 53.4 Å². The van der Waals surface area contributed by atoms with E-state index in [9.17, 15) is 0 Å². The highest BCUT2D eigenvalue weighted by molar-refractivity contribution is 7.80. The van der Waals surface area contributed by atoms with Gasteiger partial charge < -0.3 is 15.6 Å². The molecule has 0 heterocycles. The largest absolute Gasteiger partial charge is 0.442 e. The number of rotatable bonds is 2. The fourth-order valence-corrected chi connectivity index (χ4v) is 0.328. The van der Waals surface area contributed by atoms with Crippen LogP contribution in [0, 0.1) is 0 Å². The Kier molecular flexibility index (Phi) is 3.47. The number of aliphatic hydroxyl groups is 1. The molecule has 3 nitrogen and oxygen atoms in total. The molecule has 48 valence electrons. The minimum atomic E-state index is -0.840. The lowest BCUT2D eigenvalue weighted by Gasteiger charge is -2.07. The summed E-state index contributed by atoms with van der Waals surface area (Å²) >= 11 is 4.33. The van der Waals surface area contributed by atoms with E-state index in [2.05, 4.69) is 17.0 Å². The van der Waals surface area contributed by atoms with E-state index < -0.39 is 6.29 Å². The van der Waals surface area contributed by atoms with Gasteiger partial charge in [-0.3, -0.25) is 0 Å². The number of hydrogen-bond acceptors (Lipinski definition) is 3. The highest BCUT2D eigenvalue weighted by atomic mass is 32.1. The summed E-state index contributed by atoms with van der Waals surface area (Å²) in [4.78, 5) is 0. The zero-order chi connectivity index (χ0) is 6.57. The lowest BCUT2D eigenvalue weighted by Crippen LogP contribution is -2.21. The summed E-state index contributed by atoms with van der Waals surface area (Å²) in [6.07, 6.45) is -0.343. The zero-order valence-electron chi connectivity index (χ0n) is 4.63. The van der Waals surface area contributed by atoms with Crippen LogP contribution < -0.4 is 5.73 Å². The molecule has 0 aliphatic heterocycles. The highest BCUT2D eigenvalue weighted by Crippen LogP contribution is 1.90. The van der Waals surface area contributed by atoms with Crippen LogP contribution in [0.15, 0.2) is 0 Å². The van der Waals surface area contributed by atoms with Gasteiger partial charge in [0.25, 0.3) is 5.17 Å². The van der Waals surface area contributed by atoms with Crippen LogP contribution in [-0.2, 0) is 4.74 Å². The van der Waals surface area contributed by atoms with Gasteiger partial charge in [-0.1, -0.05) is 6.92 Å². The van der Waals surface area contributed by atoms with Crippen LogP contribution in [0.4, 0.5) is 0 Å². The summed E-state index contributed by atoms with van der Waals surface area (Å²) in [5, 5.41) is 8.53. The Morgan fingerprint density at radius 1 is 2.00 bits per heavy atom. The van der Waals surface area contributed by atoms with E-state index in [0.29, 0.717) is 6.42 Å². The van der Waals surface area contributed by atoms with Crippen molar-refractivity contribution in [2.75, 3.05) is 0 Å². The standard InChI is InChI=1S/C4H9NO2S/c1-2-3(6)7-4(5)8/h3,6H,2H2,1H3,(H2,5,8). The molecule has 0 amide bonds. The summed E-state index contributed by atoms with van der Waals surface area (Å²) in [6, 6.07) is 0. The van der Waals surface area contributed by atoms with Gasteiger partial charge in [0.2, 0.25) is 0 Å². The smallest absolute Gasteiger partial charge is 0.256 e. The van der Waals surface area contributed by atoms with Gasteiger partial charge in [0, 0.05) is 6.42 Å². The van der Waals surface area contributed by atoms with Crippen molar-refractivity contribution < 1.29 is 9.84 Å². The molecule has 0 bridgehead atoms. The predicted octanol–water partition coefficient (Wildman–Crippen LogP) is -0.0250. The SMILES string of the molecule is CCC(O)OC(N)=S. The van der Waals surface area contributed by atoms with Crippen molar-refractivity contribution in [3.8, 4) is 0 Å². The average Bonchev–Trinajstić information content (AvgIpc) is 1.65. The third-order valence-corrected chi connectivity index (χ3v) is 0.698. The van der Waals surface area contributed by atoms with Crippen LogP contribution in [0.3, 0.4) is 0 Å². The second kappa shape index (κ2) is 3.63. The Morgan fingerprint density at radius 2 is 2.50 bits per heavy atom. The van der Waals surface area contributed by atoms with E-state index in [0.717, 1.165) is 0 Å². The fourth-order valence-electron chi connectivity index (χ4n) is 0.217. The average molecular weight is 135 g/mol. The maximum atomic E-state index is 8.64. The minimum Gasteiger partial charge on any atom is -0.442 e. The Bertz CT molecular complexity index is 86.1. The summed E-state index contributed by atoms with van der Waals surface area (Å²) in [6.45, 7) is 1.77. The molecule has 0 aromatic rings. The molecule has 0 spiro atoms. The van der Waals surface area contributed by atoms with Crippen molar-refractivity contribution in [3.63, 3.8) is 0 Å². The van der Waals surface area contributed by atoms with Crippen LogP contribution in [0.5, 0.6) is 0 Å². The van der Waals surface area contributed by atoms with Gasteiger partial charge >= 0.3 is 0 Å². The zero-order valence-corrected chi connectivity index (χ0v) is 5.44. The van der Waals surface area contributed by atoms with E-state index in [4.69, 9.17) is 10.8 Å². The number of hydrogen-bond donors (Lipinski definition) is 2. The second-order valence-corrected chi connectivity index (χ2v) is 1.70. The molecule has 0 fully saturated rings. The minimum absolute atomic E-state index is 0.112. The summed E-state index contributed by atoms with van der Waals surface area (Å²) < 4.78 is 4.46. The third kappa shape index (κ3) is 3.83. The molecular weight excluding hydrogens is 126 g/mol. The lowest BCUT2D eigenvalue weighted by molar-refractivity contribution is -0.0278. The Balaban J connectivity index is 3.24. The van der Waals surface area contributed by atoms with Gasteiger partial charge in [-0.05, 0) is 12.2 Å². The topological polar surface area (TPSA) is 55.5 Å². The molecule has 0 aromatic heterocycles. The molecule has 0 saturated carbocycles. The molecule has 0 saturated heterocycles. The van der Waals surface area contributed by atoms with Crippen molar-refractivity contribution in [2.24, 2.45) is 5.73 Å². The molecule has 0 aromatic carbocycles. The molecule has 4 heteroatoms. The quantitative estimate of drug-likeness (QED) is 0.412. The van der Waals surface area contributed by atoms with Crippen LogP contribution in [0.1, 0.15) is 13.3 Å². The van der Waals surface area contributed by atoms with Gasteiger partial charge in [-0.25, -0.2) is 0 Å². The van der Waals surface area contributed by atoms with Crippen LogP contribution >= 0.6 is 12.2 Å². The van der Waals surface area contributed by atoms with Crippen LogP contribution in [0.25, 0.3) is 0 Å². The van der Waals surface area contributed by atoms with Crippen LogP contribution in [-0.4, -0.2) is 16.6 Å². The molecule has 0 aliphatic carbocycles. The first-order chi connectivity index (χ1) is 3.66. The third-order valence-electron chi connectivity index (χ3n) is 0.601. The molecule has 1 unspecified atom stereocenters. The van der Waals surface area contributed by atoms with E-state index >= 15 is 0 Å². The number of aliphatic hydroxyl groups excluding tert-OH is 1. The summed E-state index contributed by atoms with van der Waals surface area (Å²) in [5.74, 6) is 0. The molecule has 3 N–H and O–H groups in total. The maximum Gasteiger partial charge on any atom is 0.256 e.